The molecule has 1 aromatic carbocycles. The molecule has 5 heterocycles. The average molecular weight is 521 g/mol. The normalized spacial score (nSPS) is 23.8. The maximum Gasteiger partial charge on any atom is 0.258 e. The van der Waals surface area contributed by atoms with Gasteiger partial charge in [0.15, 0.2) is 11.5 Å². The van der Waals surface area contributed by atoms with Crippen LogP contribution in [0.3, 0.4) is 0 Å². The minimum atomic E-state index is -0.186. The van der Waals surface area contributed by atoms with Crippen LogP contribution in [0.4, 0.5) is 10.2 Å². The Morgan fingerprint density at radius 2 is 1.97 bits per heavy atom. The molecule has 9 nitrogen and oxygen atoms in total. The van der Waals surface area contributed by atoms with E-state index < -0.39 is 0 Å². The lowest BCUT2D eigenvalue weighted by Crippen LogP contribution is -2.58. The van der Waals surface area contributed by atoms with E-state index in [-0.39, 0.29) is 30.0 Å². The number of rotatable bonds is 6. The highest BCUT2D eigenvalue weighted by atomic mass is 19.1. The fourth-order valence-corrected chi connectivity index (χ4v) is 6.45. The van der Waals surface area contributed by atoms with Crippen molar-refractivity contribution in [1.82, 2.24) is 34.0 Å². The van der Waals surface area contributed by atoms with Crippen molar-refractivity contribution in [3.8, 4) is 0 Å². The Bertz CT molecular complexity index is 1440. The minimum absolute atomic E-state index is 0.130. The summed E-state index contributed by atoms with van der Waals surface area (Å²) in [5.41, 5.74) is 2.86. The molecule has 0 amide bonds. The summed E-state index contributed by atoms with van der Waals surface area (Å²) in [6.45, 7) is 14.1. The van der Waals surface area contributed by atoms with E-state index in [2.05, 4.69) is 52.3 Å². The standard InChI is InChI=1S/C28H37FN8O/c1-17(2)25(21-8-6-9-22(29)12-21)34-13-19(4)35(14-18(34)3)26-24-27(37-16-30-33-28(37)32-26)36(20(5)31-24)15-23-10-7-11-38-23/h6,8-9,12,16-19,23,25H,7,10-11,13-15H2,1-5H3/t18-,19+,23+,25+/m1/s1. The number of halogens is 1. The first-order valence-corrected chi connectivity index (χ1v) is 13.8. The van der Waals surface area contributed by atoms with Gasteiger partial charge in [-0.1, -0.05) is 26.0 Å². The molecular weight excluding hydrogens is 483 g/mol. The number of imidazole rings is 1. The Hall–Kier alpha value is -3.11. The van der Waals surface area contributed by atoms with E-state index in [9.17, 15) is 4.39 Å². The van der Waals surface area contributed by atoms with Gasteiger partial charge in [0.1, 0.15) is 23.5 Å². The van der Waals surface area contributed by atoms with Gasteiger partial charge in [-0.3, -0.25) is 4.90 Å². The highest BCUT2D eigenvalue weighted by Gasteiger charge is 2.37. The van der Waals surface area contributed by atoms with Gasteiger partial charge in [-0.15, -0.1) is 10.2 Å². The van der Waals surface area contributed by atoms with Crippen LogP contribution in [0.15, 0.2) is 30.6 Å². The van der Waals surface area contributed by atoms with Gasteiger partial charge < -0.3 is 14.2 Å². The highest BCUT2D eigenvalue weighted by Crippen LogP contribution is 2.36. The van der Waals surface area contributed by atoms with Crippen molar-refractivity contribution in [3.63, 3.8) is 0 Å². The fraction of sp³-hybridized carbons (Fsp3) is 0.571. The van der Waals surface area contributed by atoms with Crippen molar-refractivity contribution < 1.29 is 9.13 Å². The Morgan fingerprint density at radius 1 is 1.13 bits per heavy atom. The number of aromatic nitrogens is 6. The number of hydrogen-bond acceptors (Lipinski definition) is 7. The van der Waals surface area contributed by atoms with E-state index in [4.69, 9.17) is 14.7 Å². The van der Waals surface area contributed by atoms with Crippen molar-refractivity contribution >= 4 is 22.8 Å². The van der Waals surface area contributed by atoms with Crippen LogP contribution in [0.25, 0.3) is 16.9 Å². The first-order valence-electron chi connectivity index (χ1n) is 13.8. The lowest BCUT2D eigenvalue weighted by molar-refractivity contribution is 0.0820. The molecule has 4 atom stereocenters. The number of piperazine rings is 1. The summed E-state index contributed by atoms with van der Waals surface area (Å²) in [7, 11) is 0. The molecule has 2 aliphatic rings. The first-order chi connectivity index (χ1) is 18.3. The molecule has 38 heavy (non-hydrogen) atoms. The van der Waals surface area contributed by atoms with Gasteiger partial charge in [0.2, 0.25) is 0 Å². The number of ether oxygens (including phenoxy) is 1. The third-order valence-corrected chi connectivity index (χ3v) is 8.20. The van der Waals surface area contributed by atoms with Crippen LogP contribution in [0.1, 0.15) is 58.0 Å². The molecule has 0 spiro atoms. The van der Waals surface area contributed by atoms with Gasteiger partial charge in [-0.25, -0.2) is 13.8 Å². The summed E-state index contributed by atoms with van der Waals surface area (Å²) in [5, 5.41) is 8.49. The highest BCUT2D eigenvalue weighted by molar-refractivity contribution is 5.87. The summed E-state index contributed by atoms with van der Waals surface area (Å²) in [4.78, 5) is 14.9. The third kappa shape index (κ3) is 4.33. The second-order valence-electron chi connectivity index (χ2n) is 11.3. The number of anilines is 1. The second kappa shape index (κ2) is 9.89. The number of fused-ring (bicyclic) bond motifs is 3. The van der Waals surface area contributed by atoms with Gasteiger partial charge in [-0.05, 0) is 57.2 Å². The van der Waals surface area contributed by atoms with Crippen molar-refractivity contribution in [2.24, 2.45) is 5.92 Å². The summed E-state index contributed by atoms with van der Waals surface area (Å²) in [5.74, 6) is 2.51. The zero-order valence-corrected chi connectivity index (χ0v) is 22.9. The summed E-state index contributed by atoms with van der Waals surface area (Å²) in [6.07, 6.45) is 4.06. The average Bonchev–Trinajstić information content (AvgIpc) is 3.62. The van der Waals surface area contributed by atoms with Gasteiger partial charge in [0, 0.05) is 37.8 Å². The molecule has 0 unspecified atom stereocenters. The van der Waals surface area contributed by atoms with Crippen LogP contribution < -0.4 is 4.90 Å². The molecule has 6 rings (SSSR count). The molecular formula is C28H37FN8O. The summed E-state index contributed by atoms with van der Waals surface area (Å²) >= 11 is 0. The molecule has 10 heteroatoms. The van der Waals surface area contributed by atoms with Crippen molar-refractivity contribution in [2.75, 3.05) is 24.6 Å². The van der Waals surface area contributed by atoms with E-state index in [1.54, 1.807) is 12.4 Å². The molecule has 2 saturated heterocycles. The van der Waals surface area contributed by atoms with Crippen LogP contribution in [-0.4, -0.2) is 71.9 Å². The van der Waals surface area contributed by atoms with Crippen LogP contribution in [0, 0.1) is 18.7 Å². The molecule has 202 valence electrons. The van der Waals surface area contributed by atoms with E-state index in [1.165, 1.54) is 6.07 Å². The molecule has 0 bridgehead atoms. The topological polar surface area (TPSA) is 76.6 Å². The van der Waals surface area contributed by atoms with Crippen LogP contribution >= 0.6 is 0 Å². The third-order valence-electron chi connectivity index (χ3n) is 8.20. The minimum Gasteiger partial charge on any atom is -0.376 e. The number of aryl methyl sites for hydroxylation is 1. The van der Waals surface area contributed by atoms with E-state index in [0.717, 1.165) is 67.5 Å². The van der Waals surface area contributed by atoms with Crippen molar-refractivity contribution in [2.45, 2.75) is 78.2 Å². The maximum atomic E-state index is 14.2. The largest absolute Gasteiger partial charge is 0.376 e. The Balaban J connectivity index is 1.37. The van der Waals surface area contributed by atoms with E-state index in [1.807, 2.05) is 23.5 Å². The predicted octanol–water partition coefficient (Wildman–Crippen LogP) is 4.40. The molecule has 0 N–H and O–H groups in total. The van der Waals surface area contributed by atoms with Crippen LogP contribution in [0.5, 0.6) is 0 Å². The lowest BCUT2D eigenvalue weighted by Gasteiger charge is -2.49. The number of benzene rings is 1. The van der Waals surface area contributed by atoms with Gasteiger partial charge in [-0.2, -0.15) is 4.98 Å². The van der Waals surface area contributed by atoms with Crippen LogP contribution in [0.2, 0.25) is 0 Å². The second-order valence-corrected chi connectivity index (χ2v) is 11.3. The molecule has 3 aromatic heterocycles. The Morgan fingerprint density at radius 3 is 2.71 bits per heavy atom. The van der Waals surface area contributed by atoms with Gasteiger partial charge >= 0.3 is 0 Å². The van der Waals surface area contributed by atoms with E-state index in [0.29, 0.717) is 11.7 Å². The fourth-order valence-electron chi connectivity index (χ4n) is 6.45. The van der Waals surface area contributed by atoms with Gasteiger partial charge in [0.25, 0.3) is 5.78 Å². The molecule has 2 fully saturated rings. The smallest absolute Gasteiger partial charge is 0.258 e. The molecule has 2 aliphatic heterocycles. The summed E-state index contributed by atoms with van der Waals surface area (Å²) in [6, 6.07) is 7.59. The van der Waals surface area contributed by atoms with Crippen LogP contribution in [-0.2, 0) is 11.3 Å². The van der Waals surface area contributed by atoms with Crippen molar-refractivity contribution in [3.05, 3.63) is 47.8 Å². The van der Waals surface area contributed by atoms with Gasteiger partial charge in [0.05, 0.1) is 12.6 Å². The van der Waals surface area contributed by atoms with E-state index >= 15 is 0 Å². The number of hydrogen-bond donors (Lipinski definition) is 0. The Kier molecular flexibility index (Phi) is 6.55. The zero-order valence-electron chi connectivity index (χ0n) is 22.9. The number of nitrogens with zero attached hydrogens (tertiary/aromatic N) is 8. The van der Waals surface area contributed by atoms with Crippen molar-refractivity contribution in [1.29, 1.82) is 0 Å². The Labute approximate surface area is 222 Å². The summed E-state index contributed by atoms with van der Waals surface area (Å²) < 4.78 is 24.3. The molecule has 0 saturated carbocycles. The molecule has 4 aromatic rings. The quantitative estimate of drug-likeness (QED) is 0.373. The molecule has 0 radical (unpaired) electrons. The monoisotopic (exact) mass is 520 g/mol. The maximum absolute atomic E-state index is 14.2. The first kappa shape index (κ1) is 25.2. The zero-order chi connectivity index (χ0) is 26.6. The predicted molar refractivity (Wildman–Crippen MR) is 145 cm³/mol. The SMILES string of the molecule is Cc1nc2c(N3C[C@@H](C)N([C@H](c4cccc(F)c4)C(C)C)C[C@@H]3C)nc3nncn3c2n1C[C@@H]1CCCO1. The molecule has 0 aliphatic carbocycles. The lowest BCUT2D eigenvalue weighted by atomic mass is 9.91.